The number of rotatable bonds is 8. The van der Waals surface area contributed by atoms with Crippen molar-refractivity contribution in [3.63, 3.8) is 0 Å². The Morgan fingerprint density at radius 1 is 0.939 bits per heavy atom. The summed E-state index contributed by atoms with van der Waals surface area (Å²) in [7, 11) is 3.15. The standard InChI is InChI=1S/C27H32O6/c1-27(2,33-26(29)17-8-5-6-9-17)16-32-24-21(13-15-23(30-3)25(24)31-4)18-10-7-11-20-19(18)12-14-22(20)28/h7,10-11,13,15,17H,5-6,8-9,12,14,16H2,1-4H3. The van der Waals surface area contributed by atoms with E-state index in [0.29, 0.717) is 30.1 Å². The Balaban J connectivity index is 1.66. The fraction of sp³-hybridized carbons (Fsp3) is 0.481. The fourth-order valence-electron chi connectivity index (χ4n) is 4.79. The number of benzene rings is 2. The molecular formula is C27H32O6. The van der Waals surface area contributed by atoms with Gasteiger partial charge in [0.05, 0.1) is 20.1 Å². The first-order valence-electron chi connectivity index (χ1n) is 11.6. The molecule has 4 rings (SSSR count). The van der Waals surface area contributed by atoms with Gasteiger partial charge in [0.15, 0.2) is 17.3 Å². The van der Waals surface area contributed by atoms with Crippen LogP contribution in [0.25, 0.3) is 11.1 Å². The molecule has 1 fully saturated rings. The van der Waals surface area contributed by atoms with Crippen LogP contribution in [-0.2, 0) is 16.0 Å². The van der Waals surface area contributed by atoms with Crippen LogP contribution in [0.5, 0.6) is 17.2 Å². The van der Waals surface area contributed by atoms with Crippen molar-refractivity contribution in [2.24, 2.45) is 5.92 Å². The normalized spacial score (nSPS) is 15.9. The quantitative estimate of drug-likeness (QED) is 0.500. The fourth-order valence-corrected chi connectivity index (χ4v) is 4.79. The first-order chi connectivity index (χ1) is 15.8. The number of carbonyl (C=O) groups excluding carboxylic acids is 2. The molecule has 0 bridgehead atoms. The van der Waals surface area contributed by atoms with Crippen LogP contribution < -0.4 is 14.2 Å². The highest BCUT2D eigenvalue weighted by molar-refractivity contribution is 6.02. The van der Waals surface area contributed by atoms with E-state index < -0.39 is 5.60 Å². The van der Waals surface area contributed by atoms with Gasteiger partial charge in [0.2, 0.25) is 5.75 Å². The lowest BCUT2D eigenvalue weighted by Gasteiger charge is -2.28. The zero-order valence-corrected chi connectivity index (χ0v) is 19.9. The monoisotopic (exact) mass is 452 g/mol. The van der Waals surface area contributed by atoms with E-state index in [2.05, 4.69) is 0 Å². The average Bonchev–Trinajstić information content (AvgIpc) is 3.47. The third kappa shape index (κ3) is 4.70. The van der Waals surface area contributed by atoms with Gasteiger partial charge >= 0.3 is 5.97 Å². The summed E-state index contributed by atoms with van der Waals surface area (Å²) in [6.07, 6.45) is 5.14. The van der Waals surface area contributed by atoms with Crippen molar-refractivity contribution in [1.82, 2.24) is 0 Å². The van der Waals surface area contributed by atoms with Gasteiger partial charge in [-0.15, -0.1) is 0 Å². The topological polar surface area (TPSA) is 71.1 Å². The molecule has 0 saturated heterocycles. The van der Waals surface area contributed by atoms with Crippen LogP contribution >= 0.6 is 0 Å². The summed E-state index contributed by atoms with van der Waals surface area (Å²) < 4.78 is 23.3. The van der Waals surface area contributed by atoms with Crippen molar-refractivity contribution < 1.29 is 28.5 Å². The smallest absolute Gasteiger partial charge is 0.309 e. The molecule has 2 aliphatic rings. The van der Waals surface area contributed by atoms with Gasteiger partial charge in [0, 0.05) is 17.5 Å². The van der Waals surface area contributed by atoms with E-state index in [9.17, 15) is 9.59 Å². The lowest BCUT2D eigenvalue weighted by Crippen LogP contribution is -2.36. The third-order valence-electron chi connectivity index (χ3n) is 6.50. The van der Waals surface area contributed by atoms with E-state index in [-0.39, 0.29) is 24.3 Å². The molecular weight excluding hydrogens is 420 g/mol. The summed E-state index contributed by atoms with van der Waals surface area (Å²) >= 11 is 0. The largest absolute Gasteiger partial charge is 0.493 e. The van der Waals surface area contributed by atoms with Crippen molar-refractivity contribution in [3.05, 3.63) is 41.5 Å². The Hall–Kier alpha value is -3.02. The van der Waals surface area contributed by atoms with Gasteiger partial charge in [-0.2, -0.15) is 0 Å². The third-order valence-corrected chi connectivity index (χ3v) is 6.50. The van der Waals surface area contributed by atoms with Crippen LogP contribution in [0, 0.1) is 5.92 Å². The van der Waals surface area contributed by atoms with E-state index in [0.717, 1.165) is 47.9 Å². The summed E-state index contributed by atoms with van der Waals surface area (Å²) in [5, 5.41) is 0. The zero-order chi connectivity index (χ0) is 23.6. The molecule has 0 spiro atoms. The van der Waals surface area contributed by atoms with Crippen LogP contribution in [0.3, 0.4) is 0 Å². The Bertz CT molecular complexity index is 1050. The molecule has 2 aromatic rings. The summed E-state index contributed by atoms with van der Waals surface area (Å²) in [6, 6.07) is 9.53. The van der Waals surface area contributed by atoms with Crippen LogP contribution in [-0.4, -0.2) is 38.2 Å². The van der Waals surface area contributed by atoms with Crippen molar-refractivity contribution >= 4 is 11.8 Å². The summed E-state index contributed by atoms with van der Waals surface area (Å²) in [5.74, 6) is 1.51. The summed E-state index contributed by atoms with van der Waals surface area (Å²) in [6.45, 7) is 3.85. The predicted molar refractivity (Wildman–Crippen MR) is 125 cm³/mol. The first kappa shape index (κ1) is 23.1. The summed E-state index contributed by atoms with van der Waals surface area (Å²) in [4.78, 5) is 24.9. The molecule has 1 saturated carbocycles. The van der Waals surface area contributed by atoms with Crippen molar-refractivity contribution in [2.75, 3.05) is 20.8 Å². The van der Waals surface area contributed by atoms with Crippen molar-refractivity contribution in [1.29, 1.82) is 0 Å². The van der Waals surface area contributed by atoms with Gasteiger partial charge in [-0.25, -0.2) is 0 Å². The average molecular weight is 453 g/mol. The molecule has 0 amide bonds. The van der Waals surface area contributed by atoms with Gasteiger partial charge in [-0.05, 0) is 56.4 Å². The predicted octanol–water partition coefficient (Wildman–Crippen LogP) is 5.39. The number of hydrogen-bond acceptors (Lipinski definition) is 6. The second-order valence-corrected chi connectivity index (χ2v) is 9.38. The molecule has 0 radical (unpaired) electrons. The van der Waals surface area contributed by atoms with Gasteiger partial charge in [0.25, 0.3) is 0 Å². The number of methoxy groups -OCH3 is 2. The minimum absolute atomic E-state index is 0.0179. The van der Waals surface area contributed by atoms with Crippen LogP contribution in [0.2, 0.25) is 0 Å². The molecule has 2 aromatic carbocycles. The molecule has 0 atom stereocenters. The molecule has 6 heteroatoms. The number of ketones is 1. The Morgan fingerprint density at radius 3 is 2.36 bits per heavy atom. The maximum absolute atomic E-state index is 12.6. The zero-order valence-electron chi connectivity index (χ0n) is 19.9. The Labute approximate surface area is 195 Å². The number of ether oxygens (including phenoxy) is 4. The van der Waals surface area contributed by atoms with Gasteiger partial charge in [0.1, 0.15) is 12.2 Å². The van der Waals surface area contributed by atoms with E-state index in [1.807, 2.05) is 44.2 Å². The minimum atomic E-state index is -0.820. The number of hydrogen-bond donors (Lipinski definition) is 0. The minimum Gasteiger partial charge on any atom is -0.493 e. The van der Waals surface area contributed by atoms with Crippen LogP contribution in [0.1, 0.15) is 61.9 Å². The molecule has 0 aliphatic heterocycles. The van der Waals surface area contributed by atoms with E-state index >= 15 is 0 Å². The van der Waals surface area contributed by atoms with Gasteiger partial charge < -0.3 is 18.9 Å². The SMILES string of the molecule is COc1ccc(-c2cccc3c2CCC3=O)c(OCC(C)(C)OC(=O)C2CCCC2)c1OC. The second kappa shape index (κ2) is 9.46. The molecule has 6 nitrogen and oxygen atoms in total. The highest BCUT2D eigenvalue weighted by Crippen LogP contribution is 2.47. The second-order valence-electron chi connectivity index (χ2n) is 9.38. The number of Topliss-reactive ketones (excluding diaryl/α,β-unsaturated/α-hetero) is 1. The Morgan fingerprint density at radius 2 is 1.67 bits per heavy atom. The molecule has 33 heavy (non-hydrogen) atoms. The lowest BCUT2D eigenvalue weighted by atomic mass is 9.95. The van der Waals surface area contributed by atoms with Crippen molar-refractivity contribution in [2.45, 2.75) is 58.0 Å². The van der Waals surface area contributed by atoms with Gasteiger partial charge in [-0.3, -0.25) is 9.59 Å². The highest BCUT2D eigenvalue weighted by Gasteiger charge is 2.32. The van der Waals surface area contributed by atoms with E-state index in [1.165, 1.54) is 0 Å². The molecule has 2 aliphatic carbocycles. The van der Waals surface area contributed by atoms with Crippen LogP contribution in [0.15, 0.2) is 30.3 Å². The number of esters is 1. The number of fused-ring (bicyclic) bond motifs is 1. The van der Waals surface area contributed by atoms with E-state index in [4.69, 9.17) is 18.9 Å². The molecule has 176 valence electrons. The summed E-state index contributed by atoms with van der Waals surface area (Å²) in [5.41, 5.74) is 2.72. The lowest BCUT2D eigenvalue weighted by molar-refractivity contribution is -0.164. The first-order valence-corrected chi connectivity index (χ1v) is 11.6. The van der Waals surface area contributed by atoms with E-state index in [1.54, 1.807) is 14.2 Å². The molecule has 0 heterocycles. The number of carbonyl (C=O) groups is 2. The maximum Gasteiger partial charge on any atom is 0.309 e. The molecule has 0 N–H and O–H groups in total. The van der Waals surface area contributed by atoms with Crippen LogP contribution in [0.4, 0.5) is 0 Å². The molecule has 0 aromatic heterocycles. The highest BCUT2D eigenvalue weighted by atomic mass is 16.6. The van der Waals surface area contributed by atoms with Gasteiger partial charge in [-0.1, -0.05) is 31.0 Å². The maximum atomic E-state index is 12.6. The Kier molecular flexibility index (Phi) is 6.63. The molecule has 0 unspecified atom stereocenters. The van der Waals surface area contributed by atoms with Crippen molar-refractivity contribution in [3.8, 4) is 28.4 Å².